The van der Waals surface area contributed by atoms with Crippen molar-refractivity contribution in [3.8, 4) is 0 Å². The standard InChI is InChI=1S/C15H23BrN4O3/c1-15(2,3)23-14(21)20-7-8-22-10-11(20)9-19(4)13-17-6-5-12(16)18-13/h5-6,11H,7-10H2,1-4H3/t11-/m0/s1. The summed E-state index contributed by atoms with van der Waals surface area (Å²) in [7, 11) is 1.89. The third kappa shape index (κ3) is 5.31. The minimum Gasteiger partial charge on any atom is -0.444 e. The van der Waals surface area contributed by atoms with Crippen molar-refractivity contribution in [2.24, 2.45) is 0 Å². The van der Waals surface area contributed by atoms with E-state index >= 15 is 0 Å². The number of amides is 1. The Kier molecular flexibility index (Phi) is 5.80. The van der Waals surface area contributed by atoms with Gasteiger partial charge in [0.05, 0.1) is 19.3 Å². The normalized spacial score (nSPS) is 18.7. The summed E-state index contributed by atoms with van der Waals surface area (Å²) in [5.41, 5.74) is -0.515. The molecule has 0 radical (unpaired) electrons. The van der Waals surface area contributed by atoms with Crippen molar-refractivity contribution in [2.75, 3.05) is 38.3 Å². The SMILES string of the molecule is CN(C[C@H]1COCCN1C(=O)OC(C)(C)C)c1nccc(Br)n1. The third-order valence-corrected chi connectivity index (χ3v) is 3.73. The van der Waals surface area contributed by atoms with Crippen LogP contribution in [-0.4, -0.2) is 66.0 Å². The molecule has 0 aromatic carbocycles. The van der Waals surface area contributed by atoms with Crippen LogP contribution in [0.15, 0.2) is 16.9 Å². The zero-order chi connectivity index (χ0) is 17.0. The first kappa shape index (κ1) is 17.9. The number of likely N-dealkylation sites (N-methyl/N-ethyl adjacent to an activating group) is 1. The van der Waals surface area contributed by atoms with Crippen LogP contribution in [0, 0.1) is 0 Å². The number of halogens is 1. The summed E-state index contributed by atoms with van der Waals surface area (Å²) < 4.78 is 11.7. The van der Waals surface area contributed by atoms with Crippen LogP contribution in [0.3, 0.4) is 0 Å². The van der Waals surface area contributed by atoms with Crippen LogP contribution in [0.2, 0.25) is 0 Å². The van der Waals surface area contributed by atoms with Crippen LogP contribution in [0.4, 0.5) is 10.7 Å². The van der Waals surface area contributed by atoms with Gasteiger partial charge in [-0.3, -0.25) is 4.90 Å². The topological polar surface area (TPSA) is 67.8 Å². The highest BCUT2D eigenvalue weighted by molar-refractivity contribution is 9.10. The molecule has 1 aliphatic rings. The van der Waals surface area contributed by atoms with Crippen LogP contribution in [-0.2, 0) is 9.47 Å². The van der Waals surface area contributed by atoms with Gasteiger partial charge in [0.1, 0.15) is 10.2 Å². The summed E-state index contributed by atoms with van der Waals surface area (Å²) >= 11 is 3.34. The number of hydrogen-bond donors (Lipinski definition) is 0. The lowest BCUT2D eigenvalue weighted by atomic mass is 10.2. The highest BCUT2D eigenvalue weighted by Crippen LogP contribution is 2.17. The average Bonchev–Trinajstić information content (AvgIpc) is 2.46. The molecule has 1 aromatic rings. The molecule has 0 spiro atoms. The monoisotopic (exact) mass is 386 g/mol. The average molecular weight is 387 g/mol. The molecule has 0 bridgehead atoms. The number of nitrogens with zero attached hydrogens (tertiary/aromatic N) is 4. The van der Waals surface area contributed by atoms with Crippen molar-refractivity contribution < 1.29 is 14.3 Å². The predicted octanol–water partition coefficient (Wildman–Crippen LogP) is 2.31. The number of hydrogen-bond acceptors (Lipinski definition) is 6. The van der Waals surface area contributed by atoms with Gasteiger partial charge < -0.3 is 14.4 Å². The van der Waals surface area contributed by atoms with Crippen molar-refractivity contribution in [3.63, 3.8) is 0 Å². The second-order valence-corrected chi connectivity index (χ2v) is 7.27. The fourth-order valence-corrected chi connectivity index (χ4v) is 2.55. The van der Waals surface area contributed by atoms with E-state index in [0.29, 0.717) is 32.3 Å². The maximum absolute atomic E-state index is 12.4. The van der Waals surface area contributed by atoms with Crippen molar-refractivity contribution in [2.45, 2.75) is 32.4 Å². The highest BCUT2D eigenvalue weighted by atomic mass is 79.9. The van der Waals surface area contributed by atoms with Crippen LogP contribution < -0.4 is 4.90 Å². The molecule has 1 aromatic heterocycles. The molecule has 0 unspecified atom stereocenters. The molecule has 0 aliphatic carbocycles. The summed E-state index contributed by atoms with van der Waals surface area (Å²) in [6.07, 6.45) is 1.38. The van der Waals surface area contributed by atoms with E-state index in [0.717, 1.165) is 4.60 Å². The zero-order valence-corrected chi connectivity index (χ0v) is 15.5. The van der Waals surface area contributed by atoms with E-state index < -0.39 is 5.60 Å². The maximum atomic E-state index is 12.4. The van der Waals surface area contributed by atoms with Gasteiger partial charge in [0.15, 0.2) is 0 Å². The quantitative estimate of drug-likeness (QED) is 0.742. The van der Waals surface area contributed by atoms with Crippen LogP contribution >= 0.6 is 15.9 Å². The van der Waals surface area contributed by atoms with E-state index in [9.17, 15) is 4.79 Å². The lowest BCUT2D eigenvalue weighted by molar-refractivity contribution is -0.0301. The van der Waals surface area contributed by atoms with E-state index in [2.05, 4.69) is 25.9 Å². The van der Waals surface area contributed by atoms with E-state index in [1.54, 1.807) is 17.2 Å². The number of aromatic nitrogens is 2. The Bertz CT molecular complexity index is 550. The summed E-state index contributed by atoms with van der Waals surface area (Å²) in [5, 5.41) is 0. The van der Waals surface area contributed by atoms with Gasteiger partial charge in [-0.1, -0.05) is 0 Å². The number of ether oxygens (including phenoxy) is 2. The van der Waals surface area contributed by atoms with Gasteiger partial charge in [-0.05, 0) is 42.8 Å². The van der Waals surface area contributed by atoms with Crippen LogP contribution in [0.5, 0.6) is 0 Å². The maximum Gasteiger partial charge on any atom is 0.410 e. The molecule has 8 heteroatoms. The van der Waals surface area contributed by atoms with Gasteiger partial charge in [-0.25, -0.2) is 14.8 Å². The van der Waals surface area contributed by atoms with E-state index in [1.165, 1.54) is 0 Å². The molecule has 0 N–H and O–H groups in total. The lowest BCUT2D eigenvalue weighted by Gasteiger charge is -2.38. The Morgan fingerprint density at radius 1 is 1.57 bits per heavy atom. The van der Waals surface area contributed by atoms with Gasteiger partial charge in [0.25, 0.3) is 0 Å². The number of carbonyl (C=O) groups is 1. The fourth-order valence-electron chi connectivity index (χ4n) is 2.28. The van der Waals surface area contributed by atoms with E-state index in [1.807, 2.05) is 32.7 Å². The molecule has 2 rings (SSSR count). The molecule has 23 heavy (non-hydrogen) atoms. The number of carbonyl (C=O) groups excluding carboxylic acids is 1. The van der Waals surface area contributed by atoms with Crippen LogP contribution in [0.1, 0.15) is 20.8 Å². The van der Waals surface area contributed by atoms with E-state index in [-0.39, 0.29) is 12.1 Å². The molecule has 1 amide bonds. The van der Waals surface area contributed by atoms with Gasteiger partial charge in [0, 0.05) is 26.3 Å². The molecule has 0 saturated carbocycles. The smallest absolute Gasteiger partial charge is 0.410 e. The molecular weight excluding hydrogens is 364 g/mol. The van der Waals surface area contributed by atoms with Crippen molar-refractivity contribution in [3.05, 3.63) is 16.9 Å². The molecule has 1 atom stereocenters. The molecule has 1 fully saturated rings. The second-order valence-electron chi connectivity index (χ2n) is 6.46. The Morgan fingerprint density at radius 3 is 2.96 bits per heavy atom. The van der Waals surface area contributed by atoms with Crippen molar-refractivity contribution in [1.82, 2.24) is 14.9 Å². The minimum absolute atomic E-state index is 0.105. The Morgan fingerprint density at radius 2 is 2.30 bits per heavy atom. The summed E-state index contributed by atoms with van der Waals surface area (Å²) in [6, 6.07) is 1.67. The molecule has 2 heterocycles. The Balaban J connectivity index is 2.05. The highest BCUT2D eigenvalue weighted by Gasteiger charge is 2.32. The van der Waals surface area contributed by atoms with Gasteiger partial charge >= 0.3 is 6.09 Å². The zero-order valence-electron chi connectivity index (χ0n) is 14.0. The second kappa shape index (κ2) is 7.44. The number of anilines is 1. The van der Waals surface area contributed by atoms with E-state index in [4.69, 9.17) is 9.47 Å². The summed E-state index contributed by atoms with van der Waals surface area (Å²) in [5.74, 6) is 0.592. The third-order valence-electron chi connectivity index (χ3n) is 3.29. The molecular formula is C15H23BrN4O3. The van der Waals surface area contributed by atoms with Gasteiger partial charge in [0.2, 0.25) is 5.95 Å². The first-order valence-electron chi connectivity index (χ1n) is 7.53. The molecule has 7 nitrogen and oxygen atoms in total. The molecule has 1 aliphatic heterocycles. The summed E-state index contributed by atoms with van der Waals surface area (Å²) in [4.78, 5) is 24.6. The van der Waals surface area contributed by atoms with Crippen molar-refractivity contribution in [1.29, 1.82) is 0 Å². The number of morpholine rings is 1. The first-order valence-corrected chi connectivity index (χ1v) is 8.32. The predicted molar refractivity (Wildman–Crippen MR) is 90.5 cm³/mol. The minimum atomic E-state index is -0.515. The summed E-state index contributed by atoms with van der Waals surface area (Å²) in [6.45, 7) is 7.67. The largest absolute Gasteiger partial charge is 0.444 e. The molecule has 1 saturated heterocycles. The van der Waals surface area contributed by atoms with Crippen molar-refractivity contribution >= 4 is 28.0 Å². The first-order chi connectivity index (χ1) is 10.8. The lowest BCUT2D eigenvalue weighted by Crippen LogP contribution is -2.54. The van der Waals surface area contributed by atoms with Crippen LogP contribution in [0.25, 0.3) is 0 Å². The fraction of sp³-hybridized carbons (Fsp3) is 0.667. The Labute approximate surface area is 145 Å². The van der Waals surface area contributed by atoms with Gasteiger partial charge in [-0.15, -0.1) is 0 Å². The Hall–Kier alpha value is -1.41. The van der Waals surface area contributed by atoms with Gasteiger partial charge in [-0.2, -0.15) is 0 Å². The number of rotatable bonds is 3. The molecule has 128 valence electrons.